The summed E-state index contributed by atoms with van der Waals surface area (Å²) in [4.78, 5) is 2.76. The highest BCUT2D eigenvalue weighted by molar-refractivity contribution is 4.96. The Morgan fingerprint density at radius 3 is 2.85 bits per heavy atom. The molecule has 0 aromatic carbocycles. The maximum absolute atomic E-state index is 5.96. The minimum Gasteiger partial charge on any atom is -0.375 e. The van der Waals surface area contributed by atoms with Crippen LogP contribution in [0.4, 0.5) is 0 Å². The first-order valence-electron chi connectivity index (χ1n) is 8.65. The number of morpholine rings is 1. The van der Waals surface area contributed by atoms with Crippen molar-refractivity contribution in [1.82, 2.24) is 10.2 Å². The van der Waals surface area contributed by atoms with Gasteiger partial charge >= 0.3 is 0 Å². The molecule has 1 N–H and O–H groups in total. The van der Waals surface area contributed by atoms with E-state index in [0.29, 0.717) is 23.6 Å². The van der Waals surface area contributed by atoms with Crippen LogP contribution in [-0.4, -0.2) is 49.8 Å². The van der Waals surface area contributed by atoms with E-state index in [2.05, 4.69) is 31.1 Å². The van der Waals surface area contributed by atoms with Crippen LogP contribution in [0.15, 0.2) is 0 Å². The minimum atomic E-state index is 0.443. The van der Waals surface area contributed by atoms with Gasteiger partial charge in [-0.1, -0.05) is 20.3 Å². The third kappa shape index (κ3) is 2.77. The molecule has 0 amide bonds. The van der Waals surface area contributed by atoms with Gasteiger partial charge < -0.3 is 10.1 Å². The summed E-state index contributed by atoms with van der Waals surface area (Å²) in [5, 5.41) is 3.64. The number of nitrogens with one attached hydrogen (secondary N) is 1. The molecule has 2 saturated carbocycles. The molecule has 1 saturated heterocycles. The Bertz CT molecular complexity index is 331. The molecule has 3 nitrogen and oxygen atoms in total. The van der Waals surface area contributed by atoms with E-state index < -0.39 is 0 Å². The van der Waals surface area contributed by atoms with E-state index in [0.717, 1.165) is 19.1 Å². The van der Waals surface area contributed by atoms with E-state index in [-0.39, 0.29) is 0 Å². The van der Waals surface area contributed by atoms with Crippen LogP contribution in [0.25, 0.3) is 0 Å². The Morgan fingerprint density at radius 1 is 1.20 bits per heavy atom. The van der Waals surface area contributed by atoms with Crippen LogP contribution < -0.4 is 5.32 Å². The van der Waals surface area contributed by atoms with Crippen molar-refractivity contribution in [2.24, 2.45) is 11.3 Å². The van der Waals surface area contributed by atoms with E-state index in [1.165, 1.54) is 45.1 Å². The van der Waals surface area contributed by atoms with E-state index >= 15 is 0 Å². The molecule has 0 aromatic heterocycles. The molecule has 4 atom stereocenters. The van der Waals surface area contributed by atoms with Crippen molar-refractivity contribution in [2.75, 3.05) is 26.7 Å². The number of fused-ring (bicyclic) bond motifs is 1. The summed E-state index contributed by atoms with van der Waals surface area (Å²) in [5.41, 5.74) is 0.443. The second-order valence-corrected chi connectivity index (χ2v) is 7.81. The standard InChI is InChI=1S/C17H32N2O/c1-17(2)9-5-6-13(16(17)18-3)12-19-10-11-20-15-8-4-7-14(15)19/h13-16,18H,4-12H2,1-3H3. The highest BCUT2D eigenvalue weighted by atomic mass is 16.5. The lowest BCUT2D eigenvalue weighted by atomic mass is 9.67. The summed E-state index contributed by atoms with van der Waals surface area (Å²) in [5.74, 6) is 0.808. The van der Waals surface area contributed by atoms with Crippen molar-refractivity contribution in [3.05, 3.63) is 0 Å². The Morgan fingerprint density at radius 2 is 2.05 bits per heavy atom. The largest absolute Gasteiger partial charge is 0.375 e. The van der Waals surface area contributed by atoms with Gasteiger partial charge in [0, 0.05) is 25.2 Å². The summed E-state index contributed by atoms with van der Waals surface area (Å²) < 4.78 is 5.96. The third-order valence-electron chi connectivity index (χ3n) is 6.09. The molecule has 1 aliphatic heterocycles. The molecule has 116 valence electrons. The van der Waals surface area contributed by atoms with Crippen LogP contribution in [0.3, 0.4) is 0 Å². The second-order valence-electron chi connectivity index (χ2n) is 7.81. The van der Waals surface area contributed by atoms with Gasteiger partial charge in [-0.05, 0) is 50.5 Å². The molecule has 0 bridgehead atoms. The van der Waals surface area contributed by atoms with Crippen LogP contribution in [0.1, 0.15) is 52.4 Å². The molecule has 3 aliphatic rings. The van der Waals surface area contributed by atoms with Crippen LogP contribution in [0, 0.1) is 11.3 Å². The molecular formula is C17H32N2O. The highest BCUT2D eigenvalue weighted by Crippen LogP contribution is 2.40. The molecular weight excluding hydrogens is 248 g/mol. The zero-order valence-electron chi connectivity index (χ0n) is 13.5. The Labute approximate surface area is 124 Å². The second kappa shape index (κ2) is 5.94. The van der Waals surface area contributed by atoms with Crippen LogP contribution in [0.2, 0.25) is 0 Å². The van der Waals surface area contributed by atoms with Crippen molar-refractivity contribution in [3.63, 3.8) is 0 Å². The molecule has 3 rings (SSSR count). The van der Waals surface area contributed by atoms with Crippen molar-refractivity contribution < 1.29 is 4.74 Å². The normalized spacial score (nSPS) is 41.5. The maximum atomic E-state index is 5.96. The van der Waals surface area contributed by atoms with Gasteiger partial charge in [-0.2, -0.15) is 0 Å². The molecule has 2 aliphatic carbocycles. The topological polar surface area (TPSA) is 24.5 Å². The Kier molecular flexibility index (Phi) is 4.40. The first kappa shape index (κ1) is 14.8. The van der Waals surface area contributed by atoms with Gasteiger partial charge in [0.15, 0.2) is 0 Å². The van der Waals surface area contributed by atoms with E-state index in [1.807, 2.05) is 0 Å². The lowest BCUT2D eigenvalue weighted by Crippen LogP contribution is -2.56. The fourth-order valence-electron chi connectivity index (χ4n) is 5.14. The number of rotatable bonds is 3. The highest BCUT2D eigenvalue weighted by Gasteiger charge is 2.42. The smallest absolute Gasteiger partial charge is 0.0730 e. The number of hydrogen-bond acceptors (Lipinski definition) is 3. The average molecular weight is 280 g/mol. The maximum Gasteiger partial charge on any atom is 0.0730 e. The number of hydrogen-bond donors (Lipinski definition) is 1. The average Bonchev–Trinajstić information content (AvgIpc) is 2.87. The Hall–Kier alpha value is -0.120. The van der Waals surface area contributed by atoms with E-state index in [1.54, 1.807) is 0 Å². The number of nitrogens with zero attached hydrogens (tertiary/aromatic N) is 1. The van der Waals surface area contributed by atoms with E-state index in [9.17, 15) is 0 Å². The fourth-order valence-corrected chi connectivity index (χ4v) is 5.14. The van der Waals surface area contributed by atoms with Crippen molar-refractivity contribution in [3.8, 4) is 0 Å². The van der Waals surface area contributed by atoms with Gasteiger partial charge in [-0.15, -0.1) is 0 Å². The fraction of sp³-hybridized carbons (Fsp3) is 1.00. The van der Waals surface area contributed by atoms with Gasteiger partial charge in [-0.3, -0.25) is 4.90 Å². The summed E-state index contributed by atoms with van der Waals surface area (Å²) >= 11 is 0. The lowest BCUT2D eigenvalue weighted by Gasteiger charge is -2.47. The molecule has 0 aromatic rings. The quantitative estimate of drug-likeness (QED) is 0.860. The van der Waals surface area contributed by atoms with E-state index in [4.69, 9.17) is 4.74 Å². The first-order valence-corrected chi connectivity index (χ1v) is 8.65. The zero-order chi connectivity index (χ0) is 14.2. The first-order chi connectivity index (χ1) is 9.62. The van der Waals surface area contributed by atoms with Gasteiger partial charge in [0.2, 0.25) is 0 Å². The summed E-state index contributed by atoms with van der Waals surface area (Å²) in [6.07, 6.45) is 8.69. The van der Waals surface area contributed by atoms with Crippen molar-refractivity contribution in [2.45, 2.75) is 70.6 Å². The molecule has 1 heterocycles. The van der Waals surface area contributed by atoms with Crippen LogP contribution in [-0.2, 0) is 4.74 Å². The van der Waals surface area contributed by atoms with Crippen molar-refractivity contribution >= 4 is 0 Å². The monoisotopic (exact) mass is 280 g/mol. The van der Waals surface area contributed by atoms with Gasteiger partial charge in [0.1, 0.15) is 0 Å². The van der Waals surface area contributed by atoms with Crippen LogP contribution in [0.5, 0.6) is 0 Å². The van der Waals surface area contributed by atoms with Gasteiger partial charge in [0.25, 0.3) is 0 Å². The van der Waals surface area contributed by atoms with Gasteiger partial charge in [-0.25, -0.2) is 0 Å². The lowest BCUT2D eigenvalue weighted by molar-refractivity contribution is -0.0666. The third-order valence-corrected chi connectivity index (χ3v) is 6.09. The van der Waals surface area contributed by atoms with Crippen molar-refractivity contribution in [1.29, 1.82) is 0 Å². The van der Waals surface area contributed by atoms with Gasteiger partial charge in [0.05, 0.1) is 12.7 Å². The SMILES string of the molecule is CNC1C(CN2CCOC3CCCC32)CCCC1(C)C. The molecule has 3 heteroatoms. The molecule has 0 radical (unpaired) electrons. The molecule has 4 unspecified atom stereocenters. The Balaban J connectivity index is 1.66. The predicted octanol–water partition coefficient (Wildman–Crippen LogP) is 2.65. The molecule has 3 fully saturated rings. The summed E-state index contributed by atoms with van der Waals surface area (Å²) in [7, 11) is 2.16. The summed E-state index contributed by atoms with van der Waals surface area (Å²) in [6.45, 7) is 8.26. The predicted molar refractivity (Wildman–Crippen MR) is 82.9 cm³/mol. The summed E-state index contributed by atoms with van der Waals surface area (Å²) in [6, 6.07) is 1.38. The molecule has 20 heavy (non-hydrogen) atoms. The number of ether oxygens (including phenoxy) is 1. The zero-order valence-corrected chi connectivity index (χ0v) is 13.5. The minimum absolute atomic E-state index is 0.443. The van der Waals surface area contributed by atoms with Crippen LogP contribution >= 0.6 is 0 Å². The molecule has 0 spiro atoms.